The molecule has 0 aromatic carbocycles. The van der Waals surface area contributed by atoms with Crippen molar-refractivity contribution in [3.05, 3.63) is 24.8 Å². The smallest absolute Gasteiger partial charge is 0.142 e. The van der Waals surface area contributed by atoms with Crippen molar-refractivity contribution >= 4 is 5.78 Å². The molecule has 3 heteroatoms. The van der Waals surface area contributed by atoms with Crippen molar-refractivity contribution in [2.24, 2.45) is 16.7 Å². The lowest BCUT2D eigenvalue weighted by Crippen LogP contribution is -2.72. The van der Waals surface area contributed by atoms with Crippen molar-refractivity contribution < 1.29 is 15.0 Å². The summed E-state index contributed by atoms with van der Waals surface area (Å²) >= 11 is 0. The minimum Gasteiger partial charge on any atom is -0.387 e. The summed E-state index contributed by atoms with van der Waals surface area (Å²) in [4.78, 5) is 12.9. The number of carbonyl (C=O) groups excluding carboxylic acids is 1. The molecule has 0 aromatic heterocycles. The van der Waals surface area contributed by atoms with E-state index < -0.39 is 16.6 Å². The number of hydrogen-bond acceptors (Lipinski definition) is 3. The molecule has 2 saturated carbocycles. The van der Waals surface area contributed by atoms with Crippen LogP contribution in [0.15, 0.2) is 24.8 Å². The minimum atomic E-state index is -1.44. The third-order valence-electron chi connectivity index (χ3n) is 6.98. The molecule has 0 spiro atoms. The Hall–Kier alpha value is -0.930. The fourth-order valence-corrected chi connectivity index (χ4v) is 5.21. The molecule has 2 aliphatic rings. The third kappa shape index (κ3) is 2.53. The van der Waals surface area contributed by atoms with Gasteiger partial charge in [0.2, 0.25) is 0 Å². The van der Waals surface area contributed by atoms with Gasteiger partial charge in [-0.1, -0.05) is 38.7 Å². The highest BCUT2D eigenvalue weighted by molar-refractivity contribution is 5.87. The van der Waals surface area contributed by atoms with E-state index >= 15 is 0 Å². The zero-order valence-electron chi connectivity index (χ0n) is 15.1. The Morgan fingerprint density at radius 3 is 2.43 bits per heavy atom. The van der Waals surface area contributed by atoms with Crippen molar-refractivity contribution in [1.82, 2.24) is 0 Å². The molecule has 2 aliphatic carbocycles. The molecular formula is C20H32O3. The van der Waals surface area contributed by atoms with E-state index in [4.69, 9.17) is 0 Å². The van der Waals surface area contributed by atoms with Crippen LogP contribution in [0.3, 0.4) is 0 Å². The average molecular weight is 320 g/mol. The van der Waals surface area contributed by atoms with Crippen LogP contribution in [0, 0.1) is 16.7 Å². The molecule has 23 heavy (non-hydrogen) atoms. The standard InChI is InChI=1S/C20H32O3/c1-7-14(2)8-13-20(23)18(5,22)12-9-15-17(3,4)11-10-16(21)19(15,20)6/h7,15,22-23H,1-2,8-13H2,3-6H3. The lowest BCUT2D eigenvalue weighted by Gasteiger charge is -2.64. The van der Waals surface area contributed by atoms with Crippen LogP contribution >= 0.6 is 0 Å². The van der Waals surface area contributed by atoms with Crippen LogP contribution in [0.5, 0.6) is 0 Å². The number of carbonyl (C=O) groups is 1. The monoisotopic (exact) mass is 320 g/mol. The highest BCUT2D eigenvalue weighted by Gasteiger charge is 2.69. The predicted octanol–water partition coefficient (Wildman–Crippen LogP) is 3.80. The zero-order chi connectivity index (χ0) is 17.7. The summed E-state index contributed by atoms with van der Waals surface area (Å²) in [6.45, 7) is 15.6. The fraction of sp³-hybridized carbons (Fsp3) is 0.750. The van der Waals surface area contributed by atoms with E-state index in [1.54, 1.807) is 13.0 Å². The average Bonchev–Trinajstić information content (AvgIpc) is 2.46. The van der Waals surface area contributed by atoms with E-state index in [2.05, 4.69) is 27.0 Å². The van der Waals surface area contributed by atoms with Gasteiger partial charge in [0.1, 0.15) is 11.4 Å². The zero-order valence-corrected chi connectivity index (χ0v) is 15.1. The number of rotatable bonds is 4. The Kier molecular flexibility index (Phi) is 4.45. The van der Waals surface area contributed by atoms with Gasteiger partial charge in [-0.25, -0.2) is 0 Å². The Morgan fingerprint density at radius 1 is 1.26 bits per heavy atom. The Balaban J connectivity index is 2.51. The number of fused-ring (bicyclic) bond motifs is 1. The maximum atomic E-state index is 12.9. The van der Waals surface area contributed by atoms with Crippen molar-refractivity contribution in [3.63, 3.8) is 0 Å². The SMILES string of the molecule is C=CC(=C)CCC1(O)C(C)(O)CCC2C(C)(C)CCC(=O)C21C. The molecular weight excluding hydrogens is 288 g/mol. The van der Waals surface area contributed by atoms with E-state index in [9.17, 15) is 15.0 Å². The summed E-state index contributed by atoms with van der Waals surface area (Å²) in [6, 6.07) is 0. The van der Waals surface area contributed by atoms with Gasteiger partial charge in [0.05, 0.1) is 11.0 Å². The second-order valence-electron chi connectivity index (χ2n) is 8.70. The lowest BCUT2D eigenvalue weighted by atomic mass is 9.42. The summed E-state index contributed by atoms with van der Waals surface area (Å²) in [5.41, 5.74) is -2.82. The molecule has 0 aliphatic heterocycles. The topological polar surface area (TPSA) is 57.5 Å². The maximum Gasteiger partial charge on any atom is 0.142 e. The molecule has 4 unspecified atom stereocenters. The minimum absolute atomic E-state index is 0.0113. The molecule has 0 aromatic rings. The van der Waals surface area contributed by atoms with Crippen molar-refractivity contribution in [3.8, 4) is 0 Å². The van der Waals surface area contributed by atoms with Gasteiger partial charge in [-0.3, -0.25) is 4.79 Å². The van der Waals surface area contributed by atoms with Gasteiger partial charge in [0.25, 0.3) is 0 Å². The number of aliphatic hydroxyl groups is 2. The highest BCUT2D eigenvalue weighted by atomic mass is 16.4. The maximum absolute atomic E-state index is 12.9. The van der Waals surface area contributed by atoms with E-state index in [1.165, 1.54) is 0 Å². The molecule has 2 rings (SSSR count). The van der Waals surface area contributed by atoms with Gasteiger partial charge in [0, 0.05) is 6.42 Å². The van der Waals surface area contributed by atoms with E-state index in [1.807, 2.05) is 6.92 Å². The molecule has 2 N–H and O–H groups in total. The lowest BCUT2D eigenvalue weighted by molar-refractivity contribution is -0.261. The summed E-state index contributed by atoms with van der Waals surface area (Å²) < 4.78 is 0. The number of Topliss-reactive ketones (excluding diaryl/α,β-unsaturated/α-hetero) is 1. The van der Waals surface area contributed by atoms with Crippen molar-refractivity contribution in [2.75, 3.05) is 0 Å². The molecule has 130 valence electrons. The van der Waals surface area contributed by atoms with Crippen LogP contribution in [0.2, 0.25) is 0 Å². The molecule has 0 saturated heterocycles. The Labute approximate surface area is 140 Å². The summed E-state index contributed by atoms with van der Waals surface area (Å²) in [6.07, 6.45) is 5.15. The normalized spacial score (nSPS) is 42.9. The quantitative estimate of drug-likeness (QED) is 0.775. The fourth-order valence-electron chi connectivity index (χ4n) is 5.21. The van der Waals surface area contributed by atoms with Crippen LogP contribution in [0.1, 0.15) is 66.2 Å². The summed E-state index contributed by atoms with van der Waals surface area (Å²) in [7, 11) is 0. The van der Waals surface area contributed by atoms with Crippen molar-refractivity contribution in [1.29, 1.82) is 0 Å². The third-order valence-corrected chi connectivity index (χ3v) is 6.98. The number of hydrogen-bond donors (Lipinski definition) is 2. The van der Waals surface area contributed by atoms with Gasteiger partial charge < -0.3 is 10.2 Å². The van der Waals surface area contributed by atoms with E-state index in [0.717, 1.165) is 18.4 Å². The first kappa shape index (κ1) is 18.4. The molecule has 0 bridgehead atoms. The van der Waals surface area contributed by atoms with Crippen molar-refractivity contribution in [2.45, 2.75) is 77.4 Å². The van der Waals surface area contributed by atoms with Gasteiger partial charge >= 0.3 is 0 Å². The van der Waals surface area contributed by atoms with Crippen LogP contribution in [-0.2, 0) is 4.79 Å². The molecule has 4 atom stereocenters. The molecule has 3 nitrogen and oxygen atoms in total. The van der Waals surface area contributed by atoms with Crippen LogP contribution in [-0.4, -0.2) is 27.2 Å². The van der Waals surface area contributed by atoms with E-state index in [-0.39, 0.29) is 17.1 Å². The van der Waals surface area contributed by atoms with Gasteiger partial charge in [-0.05, 0) is 57.3 Å². The molecule has 0 radical (unpaired) electrons. The first-order chi connectivity index (χ1) is 10.4. The Bertz CT molecular complexity index is 531. The highest BCUT2D eigenvalue weighted by Crippen LogP contribution is 2.63. The second kappa shape index (κ2) is 5.56. The second-order valence-corrected chi connectivity index (χ2v) is 8.70. The number of allylic oxidation sites excluding steroid dienone is 2. The Morgan fingerprint density at radius 2 is 1.87 bits per heavy atom. The predicted molar refractivity (Wildman–Crippen MR) is 93.0 cm³/mol. The first-order valence-corrected chi connectivity index (χ1v) is 8.71. The molecule has 2 fully saturated rings. The largest absolute Gasteiger partial charge is 0.387 e. The van der Waals surface area contributed by atoms with Gasteiger partial charge in [-0.15, -0.1) is 0 Å². The van der Waals surface area contributed by atoms with Gasteiger partial charge in [0.15, 0.2) is 0 Å². The summed E-state index contributed by atoms with van der Waals surface area (Å²) in [5.74, 6) is 0.173. The van der Waals surface area contributed by atoms with Crippen LogP contribution in [0.25, 0.3) is 0 Å². The van der Waals surface area contributed by atoms with E-state index in [0.29, 0.717) is 25.7 Å². The first-order valence-electron chi connectivity index (χ1n) is 8.71. The molecule has 0 heterocycles. The molecule has 0 amide bonds. The van der Waals surface area contributed by atoms with Crippen LogP contribution in [0.4, 0.5) is 0 Å². The van der Waals surface area contributed by atoms with Crippen LogP contribution < -0.4 is 0 Å². The number of ketones is 1. The summed E-state index contributed by atoms with van der Waals surface area (Å²) in [5, 5.41) is 22.7. The van der Waals surface area contributed by atoms with Gasteiger partial charge in [-0.2, -0.15) is 0 Å².